The van der Waals surface area contributed by atoms with Crippen molar-refractivity contribution < 1.29 is 0 Å². The Morgan fingerprint density at radius 3 is 3.10 bits per heavy atom. The molecule has 2 atom stereocenters. The van der Waals surface area contributed by atoms with E-state index in [9.17, 15) is 0 Å². The third-order valence-corrected chi connectivity index (χ3v) is 4.50. The molecule has 2 heterocycles. The summed E-state index contributed by atoms with van der Waals surface area (Å²) in [6.07, 6.45) is 7.26. The summed E-state index contributed by atoms with van der Waals surface area (Å²) in [5.74, 6) is 0.998. The second-order valence-corrected chi connectivity index (χ2v) is 5.87. The third-order valence-electron chi connectivity index (χ3n) is 4.50. The molecule has 3 aromatic rings. The molecule has 0 saturated heterocycles. The van der Waals surface area contributed by atoms with Gasteiger partial charge in [0.25, 0.3) is 0 Å². The fraction of sp³-hybridized carbons (Fsp3) is 0.353. The van der Waals surface area contributed by atoms with Crippen LogP contribution in [0.4, 0.5) is 0 Å². The first-order valence-electron chi connectivity index (χ1n) is 7.68. The Morgan fingerprint density at radius 1 is 1.33 bits per heavy atom. The summed E-state index contributed by atoms with van der Waals surface area (Å²) >= 11 is 0. The Bertz CT molecular complexity index is 741. The number of aromatic nitrogens is 3. The maximum absolute atomic E-state index is 4.35. The largest absolute Gasteiger partial charge is 0.357 e. The molecule has 4 nitrogen and oxygen atoms in total. The van der Waals surface area contributed by atoms with Crippen LogP contribution >= 0.6 is 0 Å². The van der Waals surface area contributed by atoms with Gasteiger partial charge >= 0.3 is 0 Å². The molecule has 4 rings (SSSR count). The van der Waals surface area contributed by atoms with E-state index in [1.807, 2.05) is 12.4 Å². The zero-order valence-electron chi connectivity index (χ0n) is 12.2. The SMILES string of the molecule is CC(NC1CCCc2c1[nH]c1ccccc21)c1ncc[nH]1. The number of aryl methyl sites for hydroxylation is 1. The van der Waals surface area contributed by atoms with E-state index in [1.54, 1.807) is 0 Å². The Morgan fingerprint density at radius 2 is 2.24 bits per heavy atom. The number of hydrogen-bond donors (Lipinski definition) is 3. The maximum Gasteiger partial charge on any atom is 0.122 e. The topological polar surface area (TPSA) is 56.5 Å². The Balaban J connectivity index is 1.67. The third kappa shape index (κ3) is 2.16. The minimum absolute atomic E-state index is 0.224. The fourth-order valence-corrected chi connectivity index (χ4v) is 3.48. The number of para-hydroxylation sites is 1. The highest BCUT2D eigenvalue weighted by molar-refractivity contribution is 5.85. The molecule has 0 amide bonds. The van der Waals surface area contributed by atoms with Crippen LogP contribution in [-0.2, 0) is 6.42 Å². The van der Waals surface area contributed by atoms with Gasteiger partial charge in [0.15, 0.2) is 0 Å². The van der Waals surface area contributed by atoms with Crippen molar-refractivity contribution in [3.63, 3.8) is 0 Å². The summed E-state index contributed by atoms with van der Waals surface area (Å²) in [7, 11) is 0. The van der Waals surface area contributed by atoms with Crippen molar-refractivity contribution in [2.75, 3.05) is 0 Å². The fourth-order valence-electron chi connectivity index (χ4n) is 3.48. The van der Waals surface area contributed by atoms with E-state index in [2.05, 4.69) is 51.5 Å². The average Bonchev–Trinajstić information content (AvgIpc) is 3.15. The highest BCUT2D eigenvalue weighted by atomic mass is 15.0. The molecule has 1 aromatic carbocycles. The number of aromatic amines is 2. The molecule has 108 valence electrons. The standard InChI is InChI=1S/C17H20N4/c1-11(17-18-9-10-19-17)20-15-8-4-6-13-12-5-2-3-7-14(12)21-16(13)15/h2-3,5,7,9-11,15,20-21H,4,6,8H2,1H3,(H,18,19). The first-order valence-corrected chi connectivity index (χ1v) is 7.68. The van der Waals surface area contributed by atoms with Crippen LogP contribution < -0.4 is 5.32 Å². The zero-order chi connectivity index (χ0) is 14.2. The lowest BCUT2D eigenvalue weighted by atomic mass is 9.91. The summed E-state index contributed by atoms with van der Waals surface area (Å²) in [5, 5.41) is 5.09. The monoisotopic (exact) mass is 280 g/mol. The summed E-state index contributed by atoms with van der Waals surface area (Å²) in [6, 6.07) is 9.21. The van der Waals surface area contributed by atoms with Gasteiger partial charge in [0.05, 0.1) is 6.04 Å². The first-order chi connectivity index (χ1) is 10.3. The van der Waals surface area contributed by atoms with E-state index in [0.29, 0.717) is 6.04 Å². The first kappa shape index (κ1) is 12.7. The van der Waals surface area contributed by atoms with Crippen molar-refractivity contribution in [2.45, 2.75) is 38.3 Å². The summed E-state index contributed by atoms with van der Waals surface area (Å²) in [6.45, 7) is 2.16. The van der Waals surface area contributed by atoms with Crippen molar-refractivity contribution >= 4 is 10.9 Å². The molecular formula is C17H20N4. The van der Waals surface area contributed by atoms with Gasteiger partial charge in [-0.25, -0.2) is 4.98 Å². The van der Waals surface area contributed by atoms with E-state index in [-0.39, 0.29) is 6.04 Å². The van der Waals surface area contributed by atoms with Crippen LogP contribution in [0.1, 0.15) is 48.9 Å². The van der Waals surface area contributed by atoms with Crippen molar-refractivity contribution in [3.8, 4) is 0 Å². The van der Waals surface area contributed by atoms with Gasteiger partial charge in [0.2, 0.25) is 0 Å². The van der Waals surface area contributed by atoms with E-state index < -0.39 is 0 Å². The van der Waals surface area contributed by atoms with Gasteiger partial charge in [-0.05, 0) is 37.8 Å². The average molecular weight is 280 g/mol. The van der Waals surface area contributed by atoms with Crippen molar-refractivity contribution in [1.29, 1.82) is 0 Å². The minimum atomic E-state index is 0.224. The molecule has 0 radical (unpaired) electrons. The number of fused-ring (bicyclic) bond motifs is 3. The van der Waals surface area contributed by atoms with Crippen molar-refractivity contribution in [2.24, 2.45) is 0 Å². The second-order valence-electron chi connectivity index (χ2n) is 5.87. The Kier molecular flexibility index (Phi) is 3.04. The molecule has 0 spiro atoms. The quantitative estimate of drug-likeness (QED) is 0.686. The number of nitrogens with one attached hydrogen (secondary N) is 3. The summed E-state index contributed by atoms with van der Waals surface area (Å²) < 4.78 is 0. The molecule has 0 fully saturated rings. The molecule has 4 heteroatoms. The molecule has 0 bridgehead atoms. The number of benzene rings is 1. The van der Waals surface area contributed by atoms with Gasteiger partial charge in [-0.15, -0.1) is 0 Å². The van der Waals surface area contributed by atoms with Gasteiger partial charge in [-0.3, -0.25) is 5.32 Å². The smallest absolute Gasteiger partial charge is 0.122 e. The van der Waals surface area contributed by atoms with Crippen LogP contribution in [0.2, 0.25) is 0 Å². The number of rotatable bonds is 3. The van der Waals surface area contributed by atoms with Crippen LogP contribution in [0, 0.1) is 0 Å². The van der Waals surface area contributed by atoms with Crippen molar-refractivity contribution in [1.82, 2.24) is 20.3 Å². The van der Waals surface area contributed by atoms with Crippen molar-refractivity contribution in [3.05, 3.63) is 53.7 Å². The van der Waals surface area contributed by atoms with Crippen LogP contribution in [0.15, 0.2) is 36.7 Å². The van der Waals surface area contributed by atoms with E-state index >= 15 is 0 Å². The molecule has 2 unspecified atom stereocenters. The maximum atomic E-state index is 4.35. The van der Waals surface area contributed by atoms with Crippen LogP contribution in [0.5, 0.6) is 0 Å². The number of nitrogens with zero attached hydrogens (tertiary/aromatic N) is 1. The minimum Gasteiger partial charge on any atom is -0.357 e. The van der Waals surface area contributed by atoms with Crippen LogP contribution in [0.3, 0.4) is 0 Å². The van der Waals surface area contributed by atoms with Gasteiger partial charge in [-0.2, -0.15) is 0 Å². The molecule has 3 N–H and O–H groups in total. The molecule has 21 heavy (non-hydrogen) atoms. The highest BCUT2D eigenvalue weighted by Crippen LogP contribution is 2.35. The normalized spacial score (nSPS) is 19.6. The van der Waals surface area contributed by atoms with Gasteiger partial charge in [-0.1, -0.05) is 18.2 Å². The predicted octanol–water partition coefficient (Wildman–Crippen LogP) is 3.62. The Hall–Kier alpha value is -2.07. The van der Waals surface area contributed by atoms with Crippen LogP contribution in [-0.4, -0.2) is 15.0 Å². The number of imidazole rings is 1. The van der Waals surface area contributed by atoms with E-state index in [1.165, 1.54) is 41.4 Å². The van der Waals surface area contributed by atoms with E-state index in [0.717, 1.165) is 5.82 Å². The van der Waals surface area contributed by atoms with E-state index in [4.69, 9.17) is 0 Å². The predicted molar refractivity (Wildman–Crippen MR) is 84.1 cm³/mol. The Labute approximate surface area is 124 Å². The summed E-state index contributed by atoms with van der Waals surface area (Å²) in [5.41, 5.74) is 4.10. The number of H-pyrrole nitrogens is 2. The number of hydrogen-bond acceptors (Lipinski definition) is 2. The molecule has 0 saturated carbocycles. The van der Waals surface area contributed by atoms with Gasteiger partial charge in [0, 0.05) is 35.0 Å². The lowest BCUT2D eigenvalue weighted by molar-refractivity contribution is 0.402. The molecule has 2 aromatic heterocycles. The highest BCUT2D eigenvalue weighted by Gasteiger charge is 2.25. The van der Waals surface area contributed by atoms with Gasteiger partial charge < -0.3 is 9.97 Å². The molecular weight excluding hydrogens is 260 g/mol. The second kappa shape index (κ2) is 5.04. The lowest BCUT2D eigenvalue weighted by Crippen LogP contribution is -2.28. The molecule has 1 aliphatic rings. The molecule has 0 aliphatic heterocycles. The summed E-state index contributed by atoms with van der Waals surface area (Å²) in [4.78, 5) is 11.2. The lowest BCUT2D eigenvalue weighted by Gasteiger charge is -2.26. The van der Waals surface area contributed by atoms with Crippen LogP contribution in [0.25, 0.3) is 10.9 Å². The van der Waals surface area contributed by atoms with Gasteiger partial charge in [0.1, 0.15) is 5.82 Å². The zero-order valence-corrected chi connectivity index (χ0v) is 12.2. The molecule has 1 aliphatic carbocycles.